The summed E-state index contributed by atoms with van der Waals surface area (Å²) in [6.45, 7) is 14.3. The van der Waals surface area contributed by atoms with Gasteiger partial charge in [-0.1, -0.05) is 0 Å². The number of hydrogen-bond donors (Lipinski definition) is 0. The van der Waals surface area contributed by atoms with Crippen LogP contribution in [0.4, 0.5) is 9.59 Å². The minimum Gasteiger partial charge on any atom is -0.466 e. The van der Waals surface area contributed by atoms with Gasteiger partial charge in [0.25, 0.3) is 0 Å². The Morgan fingerprint density at radius 3 is 1.90 bits per heavy atom. The fourth-order valence-electron chi connectivity index (χ4n) is 4.13. The summed E-state index contributed by atoms with van der Waals surface area (Å²) in [4.78, 5) is 41.4. The number of rotatable bonds is 2. The number of hydrogen-bond acceptors (Lipinski definition) is 6. The molecule has 1 atom stereocenters. The van der Waals surface area contributed by atoms with Crippen LogP contribution in [-0.4, -0.2) is 70.9 Å². The standard InChI is InChI=1S/C21H36N2O6/c1-8-27-16(24)15-9-12-23(18(26)29-20(5,6)7)21(15)10-13-22(14-11-21)17(25)28-19(2,3)4/h15H,8-14H2,1-7H3. The first-order chi connectivity index (χ1) is 13.3. The molecule has 2 fully saturated rings. The highest BCUT2D eigenvalue weighted by atomic mass is 16.6. The van der Waals surface area contributed by atoms with Crippen LogP contribution in [0.15, 0.2) is 0 Å². The lowest BCUT2D eigenvalue weighted by molar-refractivity contribution is -0.152. The van der Waals surface area contributed by atoms with Crippen LogP contribution in [0.1, 0.15) is 67.7 Å². The molecule has 1 unspecified atom stereocenters. The molecular weight excluding hydrogens is 376 g/mol. The van der Waals surface area contributed by atoms with Gasteiger partial charge in [-0.25, -0.2) is 9.59 Å². The summed E-state index contributed by atoms with van der Waals surface area (Å²) in [5.74, 6) is -0.708. The third-order valence-electron chi connectivity index (χ3n) is 5.29. The zero-order chi connectivity index (χ0) is 22.0. The normalized spacial score (nSPS) is 21.8. The number of nitrogens with zero attached hydrogens (tertiary/aromatic N) is 2. The minimum atomic E-state index is -0.701. The quantitative estimate of drug-likeness (QED) is 0.509. The number of carbonyl (C=O) groups is 3. The molecule has 2 heterocycles. The Morgan fingerprint density at radius 1 is 0.897 bits per heavy atom. The highest BCUT2D eigenvalue weighted by molar-refractivity contribution is 5.78. The Balaban J connectivity index is 2.21. The van der Waals surface area contributed by atoms with Gasteiger partial charge in [-0.2, -0.15) is 0 Å². The van der Waals surface area contributed by atoms with Gasteiger partial charge in [0, 0.05) is 19.6 Å². The van der Waals surface area contributed by atoms with Crippen LogP contribution in [0.3, 0.4) is 0 Å². The van der Waals surface area contributed by atoms with E-state index in [0.717, 1.165) is 0 Å². The average Bonchev–Trinajstić information content (AvgIpc) is 2.91. The van der Waals surface area contributed by atoms with E-state index in [1.54, 1.807) is 16.7 Å². The molecule has 0 bridgehead atoms. The van der Waals surface area contributed by atoms with E-state index in [0.29, 0.717) is 45.5 Å². The Kier molecular flexibility index (Phi) is 6.75. The van der Waals surface area contributed by atoms with E-state index in [9.17, 15) is 14.4 Å². The van der Waals surface area contributed by atoms with E-state index in [1.165, 1.54) is 0 Å². The maximum absolute atomic E-state index is 12.9. The molecule has 0 aromatic carbocycles. The maximum atomic E-state index is 12.9. The lowest BCUT2D eigenvalue weighted by Gasteiger charge is -2.47. The van der Waals surface area contributed by atoms with Crippen LogP contribution >= 0.6 is 0 Å². The van der Waals surface area contributed by atoms with Crippen LogP contribution in [0.5, 0.6) is 0 Å². The molecular formula is C21H36N2O6. The molecule has 0 saturated carbocycles. The molecule has 1 spiro atoms. The summed E-state index contributed by atoms with van der Waals surface area (Å²) < 4.78 is 16.4. The smallest absolute Gasteiger partial charge is 0.410 e. The molecule has 8 nitrogen and oxygen atoms in total. The molecule has 0 radical (unpaired) electrons. The van der Waals surface area contributed by atoms with Crippen molar-refractivity contribution in [3.05, 3.63) is 0 Å². The summed E-state index contributed by atoms with van der Waals surface area (Å²) in [5.41, 5.74) is -1.90. The topological polar surface area (TPSA) is 85.4 Å². The van der Waals surface area contributed by atoms with Crippen molar-refractivity contribution in [2.45, 2.75) is 84.5 Å². The first-order valence-corrected chi connectivity index (χ1v) is 10.4. The second kappa shape index (κ2) is 8.40. The SMILES string of the molecule is CCOC(=O)C1CCN(C(=O)OC(C)(C)C)C12CCN(C(=O)OC(C)(C)C)CC2. The summed E-state index contributed by atoms with van der Waals surface area (Å²) in [5, 5.41) is 0. The molecule has 2 saturated heterocycles. The van der Waals surface area contributed by atoms with Gasteiger partial charge >= 0.3 is 18.2 Å². The minimum absolute atomic E-state index is 0.288. The predicted molar refractivity (Wildman–Crippen MR) is 107 cm³/mol. The van der Waals surface area contributed by atoms with Gasteiger partial charge in [-0.05, 0) is 67.7 Å². The first kappa shape index (κ1) is 23.3. The van der Waals surface area contributed by atoms with Crippen LogP contribution in [0, 0.1) is 5.92 Å². The molecule has 0 N–H and O–H groups in total. The molecule has 0 aromatic rings. The monoisotopic (exact) mass is 412 g/mol. The molecule has 29 heavy (non-hydrogen) atoms. The van der Waals surface area contributed by atoms with Gasteiger partial charge in [0.15, 0.2) is 0 Å². The lowest BCUT2D eigenvalue weighted by atomic mass is 9.77. The van der Waals surface area contributed by atoms with Crippen LogP contribution < -0.4 is 0 Å². The molecule has 0 aromatic heterocycles. The van der Waals surface area contributed by atoms with Crippen molar-refractivity contribution < 1.29 is 28.6 Å². The number of piperidine rings is 1. The van der Waals surface area contributed by atoms with E-state index in [1.807, 2.05) is 41.5 Å². The van der Waals surface area contributed by atoms with Gasteiger partial charge in [-0.3, -0.25) is 4.79 Å². The van der Waals surface area contributed by atoms with Crippen molar-refractivity contribution in [2.24, 2.45) is 5.92 Å². The highest BCUT2D eigenvalue weighted by Crippen LogP contribution is 2.44. The Bertz CT molecular complexity index is 626. The Hall–Kier alpha value is -1.99. The average molecular weight is 413 g/mol. The third-order valence-corrected chi connectivity index (χ3v) is 5.29. The van der Waals surface area contributed by atoms with Gasteiger partial charge < -0.3 is 24.0 Å². The molecule has 2 amide bonds. The van der Waals surface area contributed by atoms with Gasteiger partial charge in [0.05, 0.1) is 18.1 Å². The number of likely N-dealkylation sites (tertiary alicyclic amines) is 2. The fraction of sp³-hybridized carbons (Fsp3) is 0.857. The molecule has 2 aliphatic rings. The van der Waals surface area contributed by atoms with E-state index in [2.05, 4.69) is 0 Å². The van der Waals surface area contributed by atoms with Crippen molar-refractivity contribution in [1.29, 1.82) is 0 Å². The molecule has 166 valence electrons. The van der Waals surface area contributed by atoms with E-state index < -0.39 is 28.8 Å². The van der Waals surface area contributed by atoms with Crippen LogP contribution in [-0.2, 0) is 19.0 Å². The Morgan fingerprint density at radius 2 is 1.41 bits per heavy atom. The zero-order valence-corrected chi connectivity index (χ0v) is 18.9. The van der Waals surface area contributed by atoms with Crippen molar-refractivity contribution >= 4 is 18.2 Å². The largest absolute Gasteiger partial charge is 0.466 e. The molecule has 8 heteroatoms. The molecule has 2 aliphatic heterocycles. The van der Waals surface area contributed by atoms with Crippen molar-refractivity contribution in [2.75, 3.05) is 26.2 Å². The Labute approximate surface area is 173 Å². The van der Waals surface area contributed by atoms with Gasteiger partial charge in [-0.15, -0.1) is 0 Å². The van der Waals surface area contributed by atoms with Crippen molar-refractivity contribution in [3.8, 4) is 0 Å². The summed E-state index contributed by atoms with van der Waals surface area (Å²) in [6.07, 6.45) is 0.700. The summed E-state index contributed by atoms with van der Waals surface area (Å²) in [7, 11) is 0. The number of ether oxygens (including phenoxy) is 3. The fourth-order valence-corrected chi connectivity index (χ4v) is 4.13. The lowest BCUT2D eigenvalue weighted by Crippen LogP contribution is -2.60. The number of carbonyl (C=O) groups excluding carboxylic acids is 3. The van der Waals surface area contributed by atoms with Crippen LogP contribution in [0.25, 0.3) is 0 Å². The predicted octanol–water partition coefficient (Wildman–Crippen LogP) is 3.58. The van der Waals surface area contributed by atoms with E-state index in [-0.39, 0.29) is 12.1 Å². The number of amides is 2. The maximum Gasteiger partial charge on any atom is 0.410 e. The third kappa shape index (κ3) is 5.54. The summed E-state index contributed by atoms with van der Waals surface area (Å²) in [6, 6.07) is 0. The summed E-state index contributed by atoms with van der Waals surface area (Å²) >= 11 is 0. The van der Waals surface area contributed by atoms with Crippen LogP contribution in [0.2, 0.25) is 0 Å². The van der Waals surface area contributed by atoms with E-state index in [4.69, 9.17) is 14.2 Å². The van der Waals surface area contributed by atoms with Gasteiger partial charge in [0.2, 0.25) is 0 Å². The van der Waals surface area contributed by atoms with Gasteiger partial charge in [0.1, 0.15) is 11.2 Å². The van der Waals surface area contributed by atoms with Crippen molar-refractivity contribution in [3.63, 3.8) is 0 Å². The first-order valence-electron chi connectivity index (χ1n) is 10.4. The molecule has 2 rings (SSSR count). The molecule has 0 aliphatic carbocycles. The highest BCUT2D eigenvalue weighted by Gasteiger charge is 2.56. The number of esters is 1. The second-order valence-corrected chi connectivity index (χ2v) is 9.80. The van der Waals surface area contributed by atoms with E-state index >= 15 is 0 Å². The zero-order valence-electron chi connectivity index (χ0n) is 18.9. The second-order valence-electron chi connectivity index (χ2n) is 9.80. The van der Waals surface area contributed by atoms with Crippen molar-refractivity contribution in [1.82, 2.24) is 9.80 Å².